The molecular formula is C15H20N2O. The molecule has 0 unspecified atom stereocenters. The van der Waals surface area contributed by atoms with E-state index in [-0.39, 0.29) is 11.0 Å². The number of hydrogen-bond acceptors (Lipinski definition) is 1. The Kier molecular flexibility index (Phi) is 3.16. The Bertz CT molecular complexity index is 599. The first-order chi connectivity index (χ1) is 8.38. The second kappa shape index (κ2) is 4.48. The molecule has 1 aromatic carbocycles. The van der Waals surface area contributed by atoms with E-state index >= 15 is 0 Å². The lowest BCUT2D eigenvalue weighted by atomic mass is 9.93. The van der Waals surface area contributed by atoms with E-state index < -0.39 is 0 Å². The van der Waals surface area contributed by atoms with Gasteiger partial charge in [-0.2, -0.15) is 0 Å². The largest absolute Gasteiger partial charge is 0.299 e. The molecule has 0 atom stereocenters. The quantitative estimate of drug-likeness (QED) is 0.866. The summed E-state index contributed by atoms with van der Waals surface area (Å²) in [4.78, 5) is 11.9. The fourth-order valence-corrected chi connectivity index (χ4v) is 1.89. The highest BCUT2D eigenvalue weighted by Crippen LogP contribution is 2.18. The predicted octanol–water partition coefficient (Wildman–Crippen LogP) is 2.83. The van der Waals surface area contributed by atoms with Crippen molar-refractivity contribution in [2.24, 2.45) is 0 Å². The van der Waals surface area contributed by atoms with Crippen molar-refractivity contribution in [3.05, 3.63) is 57.5 Å². The van der Waals surface area contributed by atoms with E-state index in [1.807, 2.05) is 12.1 Å². The van der Waals surface area contributed by atoms with E-state index in [9.17, 15) is 4.79 Å². The summed E-state index contributed by atoms with van der Waals surface area (Å²) in [5.74, 6) is 0. The van der Waals surface area contributed by atoms with Crippen LogP contribution in [0.1, 0.15) is 37.6 Å². The molecule has 0 saturated heterocycles. The van der Waals surface area contributed by atoms with Crippen LogP contribution in [0, 0.1) is 6.92 Å². The second-order valence-electron chi connectivity index (χ2n) is 5.77. The Balaban J connectivity index is 2.34. The zero-order valence-corrected chi connectivity index (χ0v) is 11.4. The Morgan fingerprint density at radius 2 is 1.89 bits per heavy atom. The van der Waals surface area contributed by atoms with Gasteiger partial charge in [-0.3, -0.25) is 9.89 Å². The lowest BCUT2D eigenvalue weighted by Crippen LogP contribution is -2.17. The zero-order chi connectivity index (χ0) is 13.3. The van der Waals surface area contributed by atoms with E-state index in [0.717, 1.165) is 5.69 Å². The average molecular weight is 244 g/mol. The summed E-state index contributed by atoms with van der Waals surface area (Å²) in [6.07, 6.45) is 0. The van der Waals surface area contributed by atoms with Crippen molar-refractivity contribution in [2.45, 2.75) is 39.7 Å². The van der Waals surface area contributed by atoms with Crippen molar-refractivity contribution >= 4 is 0 Å². The molecule has 0 saturated carbocycles. The molecule has 0 aliphatic rings. The number of aryl methyl sites for hydroxylation is 1. The van der Waals surface area contributed by atoms with Crippen LogP contribution in [0.3, 0.4) is 0 Å². The highest BCUT2D eigenvalue weighted by atomic mass is 16.1. The van der Waals surface area contributed by atoms with Crippen LogP contribution in [0.4, 0.5) is 0 Å². The summed E-state index contributed by atoms with van der Waals surface area (Å²) in [7, 11) is 0. The maximum atomic E-state index is 11.9. The van der Waals surface area contributed by atoms with Gasteiger partial charge >= 0.3 is 0 Å². The molecule has 1 N–H and O–H groups in total. The van der Waals surface area contributed by atoms with Gasteiger partial charge in [0.25, 0.3) is 5.56 Å². The molecule has 0 aliphatic heterocycles. The van der Waals surface area contributed by atoms with Crippen molar-refractivity contribution in [3.8, 4) is 0 Å². The molecule has 1 heterocycles. The second-order valence-corrected chi connectivity index (χ2v) is 5.77. The van der Waals surface area contributed by atoms with Crippen LogP contribution >= 0.6 is 0 Å². The summed E-state index contributed by atoms with van der Waals surface area (Å²) in [5, 5.41) is 3.20. The SMILES string of the molecule is Cc1ccccc1Cn1[nH]c(C(C)(C)C)cc1=O. The molecule has 0 amide bonds. The normalized spacial score (nSPS) is 11.8. The summed E-state index contributed by atoms with van der Waals surface area (Å²) in [6.45, 7) is 8.94. The van der Waals surface area contributed by atoms with Crippen molar-refractivity contribution in [1.29, 1.82) is 0 Å². The van der Waals surface area contributed by atoms with Crippen LogP contribution in [0.25, 0.3) is 0 Å². The van der Waals surface area contributed by atoms with Crippen LogP contribution < -0.4 is 5.56 Å². The van der Waals surface area contributed by atoms with Gasteiger partial charge in [0, 0.05) is 17.2 Å². The number of rotatable bonds is 2. The first kappa shape index (κ1) is 12.7. The minimum absolute atomic E-state index is 0.0307. The van der Waals surface area contributed by atoms with Gasteiger partial charge in [-0.1, -0.05) is 45.0 Å². The molecule has 18 heavy (non-hydrogen) atoms. The molecule has 0 bridgehead atoms. The number of benzene rings is 1. The molecule has 0 spiro atoms. The molecule has 3 heteroatoms. The van der Waals surface area contributed by atoms with Gasteiger partial charge in [0.1, 0.15) is 0 Å². The predicted molar refractivity (Wildman–Crippen MR) is 74.0 cm³/mol. The first-order valence-corrected chi connectivity index (χ1v) is 6.23. The Hall–Kier alpha value is -1.77. The maximum Gasteiger partial charge on any atom is 0.267 e. The zero-order valence-electron chi connectivity index (χ0n) is 11.4. The van der Waals surface area contributed by atoms with E-state index in [0.29, 0.717) is 6.54 Å². The van der Waals surface area contributed by atoms with Gasteiger partial charge in [-0.15, -0.1) is 0 Å². The third kappa shape index (κ3) is 2.55. The fraction of sp³-hybridized carbons (Fsp3) is 0.400. The first-order valence-electron chi connectivity index (χ1n) is 6.23. The van der Waals surface area contributed by atoms with E-state index in [1.165, 1.54) is 11.1 Å². The van der Waals surface area contributed by atoms with Crippen LogP contribution in [0.15, 0.2) is 35.1 Å². The molecule has 0 fully saturated rings. The number of nitrogens with one attached hydrogen (secondary N) is 1. The Morgan fingerprint density at radius 1 is 1.22 bits per heavy atom. The number of hydrogen-bond donors (Lipinski definition) is 1. The smallest absolute Gasteiger partial charge is 0.267 e. The lowest BCUT2D eigenvalue weighted by molar-refractivity contribution is 0.542. The van der Waals surface area contributed by atoms with Gasteiger partial charge < -0.3 is 0 Å². The summed E-state index contributed by atoms with van der Waals surface area (Å²) in [5.41, 5.74) is 3.35. The van der Waals surface area contributed by atoms with Crippen LogP contribution in [0.2, 0.25) is 0 Å². The minimum Gasteiger partial charge on any atom is -0.299 e. The summed E-state index contributed by atoms with van der Waals surface area (Å²) in [6, 6.07) is 9.82. The third-order valence-electron chi connectivity index (χ3n) is 3.19. The van der Waals surface area contributed by atoms with Crippen molar-refractivity contribution in [2.75, 3.05) is 0 Å². The highest BCUT2D eigenvalue weighted by molar-refractivity contribution is 5.25. The molecule has 96 valence electrons. The molecule has 2 aromatic rings. The Labute approximate surface area is 107 Å². The monoisotopic (exact) mass is 244 g/mol. The third-order valence-corrected chi connectivity index (χ3v) is 3.19. The molecule has 1 aromatic heterocycles. The van der Waals surface area contributed by atoms with Gasteiger partial charge in [0.05, 0.1) is 6.54 Å². The van der Waals surface area contributed by atoms with Gasteiger partial charge in [-0.05, 0) is 18.1 Å². The molecule has 2 rings (SSSR count). The van der Waals surface area contributed by atoms with E-state index in [1.54, 1.807) is 10.7 Å². The van der Waals surface area contributed by atoms with Crippen molar-refractivity contribution in [3.63, 3.8) is 0 Å². The Morgan fingerprint density at radius 3 is 2.44 bits per heavy atom. The molecule has 0 radical (unpaired) electrons. The highest BCUT2D eigenvalue weighted by Gasteiger charge is 2.17. The average Bonchev–Trinajstić information content (AvgIpc) is 2.63. The molecule has 0 aliphatic carbocycles. The van der Waals surface area contributed by atoms with Crippen LogP contribution in [0.5, 0.6) is 0 Å². The van der Waals surface area contributed by atoms with Crippen LogP contribution in [-0.2, 0) is 12.0 Å². The van der Waals surface area contributed by atoms with Gasteiger partial charge in [0.2, 0.25) is 0 Å². The standard InChI is InChI=1S/C15H20N2O/c1-11-7-5-6-8-12(11)10-17-14(18)9-13(16-17)15(2,3)4/h5-9,16H,10H2,1-4H3. The topological polar surface area (TPSA) is 37.8 Å². The van der Waals surface area contributed by atoms with Crippen LogP contribution in [-0.4, -0.2) is 9.78 Å². The minimum atomic E-state index is -0.0316. The summed E-state index contributed by atoms with van der Waals surface area (Å²) < 4.78 is 1.67. The van der Waals surface area contributed by atoms with Gasteiger partial charge in [-0.25, -0.2) is 4.68 Å². The number of nitrogens with zero attached hydrogens (tertiary/aromatic N) is 1. The lowest BCUT2D eigenvalue weighted by Gasteiger charge is -2.15. The summed E-state index contributed by atoms with van der Waals surface area (Å²) >= 11 is 0. The van der Waals surface area contributed by atoms with Crippen molar-refractivity contribution < 1.29 is 0 Å². The van der Waals surface area contributed by atoms with E-state index in [4.69, 9.17) is 0 Å². The number of aromatic amines is 1. The maximum absolute atomic E-state index is 11.9. The molecule has 3 nitrogen and oxygen atoms in total. The fourth-order valence-electron chi connectivity index (χ4n) is 1.89. The van der Waals surface area contributed by atoms with Gasteiger partial charge in [0.15, 0.2) is 0 Å². The van der Waals surface area contributed by atoms with Crippen molar-refractivity contribution in [1.82, 2.24) is 9.78 Å². The molecular weight excluding hydrogens is 224 g/mol. The van der Waals surface area contributed by atoms with E-state index in [2.05, 4.69) is 44.9 Å². The number of aromatic nitrogens is 2. The number of H-pyrrole nitrogens is 1.